The normalized spacial score (nSPS) is 10.4. The van der Waals surface area contributed by atoms with E-state index in [9.17, 15) is 0 Å². The maximum absolute atomic E-state index is 5.70. The van der Waals surface area contributed by atoms with Crippen LogP contribution in [0.4, 0.5) is 17.1 Å². The molecule has 21 heavy (non-hydrogen) atoms. The van der Waals surface area contributed by atoms with Crippen molar-refractivity contribution in [3.8, 4) is 0 Å². The topological polar surface area (TPSA) is 41.3 Å². The van der Waals surface area contributed by atoms with Crippen LogP contribution in [0.25, 0.3) is 0 Å². The second kappa shape index (κ2) is 7.02. The molecular formula is C18H25N3. The molecule has 0 aliphatic heterocycles. The van der Waals surface area contributed by atoms with Crippen molar-refractivity contribution >= 4 is 17.1 Å². The van der Waals surface area contributed by atoms with E-state index in [-0.39, 0.29) is 0 Å². The Kier molecular flexibility index (Phi) is 5.09. The number of hydrogen-bond donors (Lipinski definition) is 2. The fraction of sp³-hybridized carbons (Fsp3) is 0.333. The zero-order valence-electron chi connectivity index (χ0n) is 13.2. The lowest BCUT2D eigenvalue weighted by atomic mass is 10.1. The largest absolute Gasteiger partial charge is 0.399 e. The quantitative estimate of drug-likeness (QED) is 0.786. The summed E-state index contributed by atoms with van der Waals surface area (Å²) in [4.78, 5) is 2.36. The van der Waals surface area contributed by atoms with Gasteiger partial charge in [-0.3, -0.25) is 0 Å². The highest BCUT2D eigenvalue weighted by molar-refractivity contribution is 5.60. The summed E-state index contributed by atoms with van der Waals surface area (Å²) in [5.41, 5.74) is 11.5. The van der Waals surface area contributed by atoms with Crippen LogP contribution in [0.3, 0.4) is 0 Å². The van der Waals surface area contributed by atoms with Crippen molar-refractivity contribution in [2.45, 2.75) is 27.3 Å². The van der Waals surface area contributed by atoms with Crippen molar-refractivity contribution < 1.29 is 0 Å². The van der Waals surface area contributed by atoms with Crippen molar-refractivity contribution in [2.75, 3.05) is 29.0 Å². The van der Waals surface area contributed by atoms with Gasteiger partial charge in [0.15, 0.2) is 0 Å². The van der Waals surface area contributed by atoms with Gasteiger partial charge in [0.1, 0.15) is 0 Å². The minimum Gasteiger partial charge on any atom is -0.399 e. The summed E-state index contributed by atoms with van der Waals surface area (Å²) in [6, 6.07) is 14.6. The highest BCUT2D eigenvalue weighted by atomic mass is 15.1. The van der Waals surface area contributed by atoms with Gasteiger partial charge in [-0.1, -0.05) is 12.1 Å². The first-order chi connectivity index (χ1) is 10.1. The number of aryl methyl sites for hydroxylation is 1. The lowest BCUT2D eigenvalue weighted by Gasteiger charge is -2.22. The first-order valence-electron chi connectivity index (χ1n) is 7.58. The molecule has 2 aromatic rings. The zero-order valence-corrected chi connectivity index (χ0v) is 13.2. The molecule has 2 rings (SSSR count). The summed E-state index contributed by atoms with van der Waals surface area (Å²) in [5.74, 6) is 0. The van der Waals surface area contributed by atoms with Gasteiger partial charge in [-0.15, -0.1) is 0 Å². The molecule has 3 N–H and O–H groups in total. The number of hydrogen-bond acceptors (Lipinski definition) is 3. The van der Waals surface area contributed by atoms with Crippen LogP contribution in [-0.4, -0.2) is 13.1 Å². The Morgan fingerprint density at radius 3 is 2.24 bits per heavy atom. The number of rotatable bonds is 6. The molecule has 0 heterocycles. The maximum Gasteiger partial charge on any atom is 0.0400 e. The molecule has 3 heteroatoms. The van der Waals surface area contributed by atoms with Crippen molar-refractivity contribution in [2.24, 2.45) is 0 Å². The number of nitrogens with one attached hydrogen (secondary N) is 1. The minimum atomic E-state index is 0.804. The molecule has 0 saturated carbocycles. The summed E-state index contributed by atoms with van der Waals surface area (Å²) in [6.07, 6.45) is 0. The Hall–Kier alpha value is -2.16. The molecule has 0 unspecified atom stereocenters. The van der Waals surface area contributed by atoms with Crippen molar-refractivity contribution in [3.63, 3.8) is 0 Å². The Bertz CT molecular complexity index is 572. The van der Waals surface area contributed by atoms with E-state index >= 15 is 0 Å². The van der Waals surface area contributed by atoms with E-state index in [0.717, 1.165) is 25.3 Å². The Labute approximate surface area is 127 Å². The summed E-state index contributed by atoms with van der Waals surface area (Å²) in [6.45, 7) is 9.41. The molecule has 0 aliphatic rings. The first-order valence-corrected chi connectivity index (χ1v) is 7.58. The van der Waals surface area contributed by atoms with Crippen molar-refractivity contribution in [1.82, 2.24) is 0 Å². The third-order valence-corrected chi connectivity index (χ3v) is 3.80. The highest BCUT2D eigenvalue weighted by Gasteiger charge is 2.04. The average Bonchev–Trinajstić information content (AvgIpc) is 2.49. The van der Waals surface area contributed by atoms with Crippen LogP contribution in [0.2, 0.25) is 0 Å². The van der Waals surface area contributed by atoms with Crippen LogP contribution >= 0.6 is 0 Å². The van der Waals surface area contributed by atoms with E-state index < -0.39 is 0 Å². The molecule has 3 nitrogen and oxygen atoms in total. The van der Waals surface area contributed by atoms with E-state index in [0.29, 0.717) is 0 Å². The monoisotopic (exact) mass is 283 g/mol. The standard InChI is InChI=1S/C18H25N3/c1-4-21(5-2)17-10-11-18(14(3)12-17)20-13-15-6-8-16(19)9-7-15/h6-12,20H,4-5,13,19H2,1-3H3. The lowest BCUT2D eigenvalue weighted by Crippen LogP contribution is -2.21. The second-order valence-electron chi connectivity index (χ2n) is 5.27. The predicted octanol–water partition coefficient (Wildman–Crippen LogP) is 4.04. The SMILES string of the molecule is CCN(CC)c1ccc(NCc2ccc(N)cc2)c(C)c1. The van der Waals surface area contributed by atoms with Crippen molar-refractivity contribution in [3.05, 3.63) is 53.6 Å². The van der Waals surface area contributed by atoms with Gasteiger partial charge in [-0.25, -0.2) is 0 Å². The molecule has 112 valence electrons. The van der Waals surface area contributed by atoms with E-state index in [2.05, 4.69) is 61.3 Å². The molecule has 0 spiro atoms. The zero-order chi connectivity index (χ0) is 15.2. The summed E-state index contributed by atoms with van der Waals surface area (Å²) in [5, 5.41) is 3.49. The molecule has 0 saturated heterocycles. The van der Waals surface area contributed by atoms with Gasteiger partial charge in [-0.2, -0.15) is 0 Å². The van der Waals surface area contributed by atoms with Crippen LogP contribution < -0.4 is 16.0 Å². The Morgan fingerprint density at radius 2 is 1.67 bits per heavy atom. The van der Waals surface area contributed by atoms with E-state index in [1.54, 1.807) is 0 Å². The number of anilines is 3. The molecule has 0 bridgehead atoms. The third-order valence-electron chi connectivity index (χ3n) is 3.80. The van der Waals surface area contributed by atoms with Gasteiger partial charge in [0.25, 0.3) is 0 Å². The smallest absolute Gasteiger partial charge is 0.0400 e. The van der Waals surface area contributed by atoms with E-state index in [4.69, 9.17) is 5.73 Å². The minimum absolute atomic E-state index is 0.804. The van der Waals surface area contributed by atoms with Crippen LogP contribution in [-0.2, 0) is 6.54 Å². The molecule has 0 aromatic heterocycles. The van der Waals surface area contributed by atoms with Gasteiger partial charge < -0.3 is 16.0 Å². The van der Waals surface area contributed by atoms with Gasteiger partial charge >= 0.3 is 0 Å². The number of nitrogens with zero attached hydrogens (tertiary/aromatic N) is 1. The van der Waals surface area contributed by atoms with Gasteiger partial charge in [0, 0.05) is 36.7 Å². The molecule has 0 atom stereocenters. The molecule has 2 aromatic carbocycles. The number of nitrogen functional groups attached to an aromatic ring is 1. The Balaban J connectivity index is 2.05. The Morgan fingerprint density at radius 1 is 1.00 bits per heavy atom. The van der Waals surface area contributed by atoms with Crippen LogP contribution in [0.15, 0.2) is 42.5 Å². The predicted molar refractivity (Wildman–Crippen MR) is 92.9 cm³/mol. The van der Waals surface area contributed by atoms with Crippen LogP contribution in [0.5, 0.6) is 0 Å². The average molecular weight is 283 g/mol. The number of nitrogens with two attached hydrogens (primary N) is 1. The third kappa shape index (κ3) is 3.91. The molecular weight excluding hydrogens is 258 g/mol. The van der Waals surface area contributed by atoms with Gasteiger partial charge in [0.2, 0.25) is 0 Å². The fourth-order valence-corrected chi connectivity index (χ4v) is 2.46. The van der Waals surface area contributed by atoms with E-state index in [1.165, 1.54) is 22.5 Å². The molecule has 0 amide bonds. The summed E-state index contributed by atoms with van der Waals surface area (Å²) >= 11 is 0. The van der Waals surface area contributed by atoms with E-state index in [1.807, 2.05) is 12.1 Å². The van der Waals surface area contributed by atoms with Crippen LogP contribution in [0.1, 0.15) is 25.0 Å². The van der Waals surface area contributed by atoms with Crippen LogP contribution in [0, 0.1) is 6.92 Å². The van der Waals surface area contributed by atoms with Gasteiger partial charge in [0.05, 0.1) is 0 Å². The number of benzene rings is 2. The first kappa shape index (κ1) is 15.2. The molecule has 0 radical (unpaired) electrons. The van der Waals surface area contributed by atoms with Gasteiger partial charge in [-0.05, 0) is 62.2 Å². The van der Waals surface area contributed by atoms with Crippen molar-refractivity contribution in [1.29, 1.82) is 0 Å². The molecule has 0 aliphatic carbocycles. The molecule has 0 fully saturated rings. The summed E-state index contributed by atoms with van der Waals surface area (Å²) in [7, 11) is 0. The fourth-order valence-electron chi connectivity index (χ4n) is 2.46. The summed E-state index contributed by atoms with van der Waals surface area (Å²) < 4.78 is 0. The lowest BCUT2D eigenvalue weighted by molar-refractivity contribution is 0.865. The second-order valence-corrected chi connectivity index (χ2v) is 5.27. The maximum atomic E-state index is 5.70. The highest BCUT2D eigenvalue weighted by Crippen LogP contribution is 2.23.